The molecule has 0 aliphatic heterocycles. The molecule has 174 valence electrons. The maximum absolute atomic E-state index is 11.5. The van der Waals surface area contributed by atoms with Crippen molar-refractivity contribution in [2.24, 2.45) is 46.3 Å². The van der Waals surface area contributed by atoms with Crippen molar-refractivity contribution in [2.45, 2.75) is 101 Å². The van der Waals surface area contributed by atoms with E-state index in [0.29, 0.717) is 36.0 Å². The lowest BCUT2D eigenvalue weighted by molar-refractivity contribution is -0.207. The molecule has 0 aromatic carbocycles. The topological polar surface area (TPSA) is 80.9 Å². The minimum absolute atomic E-state index is 0.100. The minimum atomic E-state index is -1.70. The monoisotopic (exact) mass is 462 g/mol. The van der Waals surface area contributed by atoms with Crippen LogP contribution >= 0.6 is 23.2 Å². The molecule has 0 aromatic heterocycles. The van der Waals surface area contributed by atoms with Crippen molar-refractivity contribution in [3.8, 4) is 0 Å². The Hall–Kier alpha value is 0.420. The van der Waals surface area contributed by atoms with E-state index in [1.165, 1.54) is 0 Å². The SMILES string of the molecule is C[C@@H](CCC(O)(Cl)Cl)[C@H]1CC[C@@H]2[C@@H]3[C@H](O)C[C@@H]4C[C@H](O)CC[C@]4(C)[C@@H]3C[C@H](O)[C@@]21C. The molecule has 4 nitrogen and oxygen atoms in total. The molecule has 4 fully saturated rings. The molecule has 0 saturated heterocycles. The van der Waals surface area contributed by atoms with Crippen LogP contribution in [-0.4, -0.2) is 43.3 Å². The Kier molecular flexibility index (Phi) is 6.30. The van der Waals surface area contributed by atoms with Crippen molar-refractivity contribution in [3.05, 3.63) is 0 Å². The van der Waals surface area contributed by atoms with Gasteiger partial charge in [0.05, 0.1) is 18.3 Å². The third-order valence-corrected chi connectivity index (χ3v) is 10.8. The van der Waals surface area contributed by atoms with Crippen LogP contribution in [0.2, 0.25) is 0 Å². The van der Waals surface area contributed by atoms with E-state index in [9.17, 15) is 20.4 Å². The highest BCUT2D eigenvalue weighted by Crippen LogP contribution is 2.68. The first-order chi connectivity index (χ1) is 13.9. The van der Waals surface area contributed by atoms with Gasteiger partial charge in [-0.1, -0.05) is 44.0 Å². The van der Waals surface area contributed by atoms with E-state index in [1.54, 1.807) is 0 Å². The van der Waals surface area contributed by atoms with Gasteiger partial charge in [-0.2, -0.15) is 0 Å². The van der Waals surface area contributed by atoms with Crippen molar-refractivity contribution in [2.75, 3.05) is 0 Å². The zero-order chi connectivity index (χ0) is 22.1. The van der Waals surface area contributed by atoms with Gasteiger partial charge in [-0.25, -0.2) is 0 Å². The van der Waals surface area contributed by atoms with E-state index in [4.69, 9.17) is 23.2 Å². The van der Waals surface area contributed by atoms with Crippen molar-refractivity contribution in [1.82, 2.24) is 0 Å². The Labute approximate surface area is 191 Å². The molecule has 0 radical (unpaired) electrons. The number of aliphatic hydroxyl groups is 4. The summed E-state index contributed by atoms with van der Waals surface area (Å²) in [6.07, 6.45) is 6.28. The van der Waals surface area contributed by atoms with Crippen molar-refractivity contribution in [3.63, 3.8) is 0 Å². The first kappa shape index (κ1) is 23.6. The van der Waals surface area contributed by atoms with E-state index in [-0.39, 0.29) is 35.1 Å². The molecule has 0 spiro atoms. The van der Waals surface area contributed by atoms with E-state index in [2.05, 4.69) is 20.8 Å². The third-order valence-electron chi connectivity index (χ3n) is 10.4. The maximum atomic E-state index is 11.5. The molecule has 30 heavy (non-hydrogen) atoms. The highest BCUT2D eigenvalue weighted by atomic mass is 35.5. The predicted octanol–water partition coefficient (Wildman–Crippen LogP) is 4.49. The van der Waals surface area contributed by atoms with E-state index in [0.717, 1.165) is 51.4 Å². The van der Waals surface area contributed by atoms with Crippen LogP contribution in [0.1, 0.15) is 78.6 Å². The molecule has 0 amide bonds. The number of halogens is 2. The van der Waals surface area contributed by atoms with Gasteiger partial charge in [0.1, 0.15) is 0 Å². The van der Waals surface area contributed by atoms with Gasteiger partial charge in [-0.3, -0.25) is 0 Å². The number of hydrogen-bond donors (Lipinski definition) is 4. The molecule has 4 saturated carbocycles. The Morgan fingerprint density at radius 1 is 1.00 bits per heavy atom. The van der Waals surface area contributed by atoms with Crippen molar-refractivity contribution < 1.29 is 20.4 Å². The van der Waals surface area contributed by atoms with Gasteiger partial charge in [-0.15, -0.1) is 0 Å². The van der Waals surface area contributed by atoms with E-state index >= 15 is 0 Å². The number of rotatable bonds is 4. The molecule has 4 aliphatic rings. The fraction of sp³-hybridized carbons (Fsp3) is 1.00. The van der Waals surface area contributed by atoms with Crippen LogP contribution in [0.4, 0.5) is 0 Å². The Morgan fingerprint density at radius 2 is 1.70 bits per heavy atom. The van der Waals surface area contributed by atoms with Crippen LogP contribution in [0.15, 0.2) is 0 Å². The first-order valence-electron chi connectivity index (χ1n) is 12.0. The van der Waals surface area contributed by atoms with Crippen LogP contribution in [0.5, 0.6) is 0 Å². The summed E-state index contributed by atoms with van der Waals surface area (Å²) in [5.41, 5.74) is -0.126. The molecule has 0 aromatic rings. The Morgan fingerprint density at radius 3 is 2.37 bits per heavy atom. The number of alkyl halides is 2. The number of fused-ring (bicyclic) bond motifs is 5. The average molecular weight is 463 g/mol. The van der Waals surface area contributed by atoms with E-state index in [1.807, 2.05) is 0 Å². The molecule has 4 aliphatic carbocycles. The van der Waals surface area contributed by atoms with Gasteiger partial charge in [0, 0.05) is 6.42 Å². The van der Waals surface area contributed by atoms with Crippen LogP contribution in [0.3, 0.4) is 0 Å². The number of hydrogen-bond acceptors (Lipinski definition) is 4. The Balaban J connectivity index is 1.59. The summed E-state index contributed by atoms with van der Waals surface area (Å²) in [4.78, 5) is 0. The lowest BCUT2D eigenvalue weighted by Gasteiger charge is -2.63. The third kappa shape index (κ3) is 3.76. The standard InChI is InChI=1S/C24H40Cl2O4/c1-13(6-9-24(25,26)30)16-4-5-17-21-18(12-20(29)23(16,17)3)22(2)8-7-15(27)10-14(22)11-19(21)28/h13-21,27-30H,4-12H2,1-3H3/t13-,14-,15+,16+,17+,18+,19+,20-,21-,22-,23+/m0/s1. The first-order valence-corrected chi connectivity index (χ1v) is 12.8. The fourth-order valence-electron chi connectivity index (χ4n) is 8.73. The quantitative estimate of drug-likeness (QED) is 0.464. The summed E-state index contributed by atoms with van der Waals surface area (Å²) in [5, 5.41) is 42.8. The molecule has 0 unspecified atom stereocenters. The van der Waals surface area contributed by atoms with Gasteiger partial charge in [0.15, 0.2) is 0 Å². The molecule has 4 rings (SSSR count). The van der Waals surface area contributed by atoms with E-state index < -0.39 is 4.52 Å². The van der Waals surface area contributed by atoms with Gasteiger partial charge < -0.3 is 20.4 Å². The average Bonchev–Trinajstić information content (AvgIpc) is 3.00. The van der Waals surface area contributed by atoms with Gasteiger partial charge in [-0.05, 0) is 97.7 Å². The van der Waals surface area contributed by atoms with Crippen LogP contribution in [0, 0.1) is 46.3 Å². The summed E-state index contributed by atoms with van der Waals surface area (Å²) in [5.74, 6) is 1.82. The summed E-state index contributed by atoms with van der Waals surface area (Å²) < 4.78 is -1.70. The highest BCUT2D eigenvalue weighted by molar-refractivity contribution is 6.46. The fourth-order valence-corrected chi connectivity index (χ4v) is 8.95. The zero-order valence-electron chi connectivity index (χ0n) is 18.6. The lowest BCUT2D eigenvalue weighted by atomic mass is 9.43. The second-order valence-corrected chi connectivity index (χ2v) is 13.2. The molecular weight excluding hydrogens is 423 g/mol. The van der Waals surface area contributed by atoms with Gasteiger partial charge in [0.2, 0.25) is 4.52 Å². The predicted molar refractivity (Wildman–Crippen MR) is 119 cm³/mol. The molecule has 6 heteroatoms. The van der Waals surface area contributed by atoms with Crippen molar-refractivity contribution >= 4 is 23.2 Å². The van der Waals surface area contributed by atoms with Crippen LogP contribution in [0.25, 0.3) is 0 Å². The highest BCUT2D eigenvalue weighted by Gasteiger charge is 2.65. The summed E-state index contributed by atoms with van der Waals surface area (Å²) in [7, 11) is 0. The van der Waals surface area contributed by atoms with Crippen molar-refractivity contribution in [1.29, 1.82) is 0 Å². The van der Waals surface area contributed by atoms with Crippen LogP contribution < -0.4 is 0 Å². The molecule has 11 atom stereocenters. The second-order valence-electron chi connectivity index (χ2n) is 11.7. The molecule has 0 bridgehead atoms. The largest absolute Gasteiger partial charge is 0.393 e. The number of aliphatic hydroxyl groups excluding tert-OH is 3. The summed E-state index contributed by atoms with van der Waals surface area (Å²) in [6.45, 7) is 6.79. The normalized spacial score (nSPS) is 52.3. The maximum Gasteiger partial charge on any atom is 0.214 e. The van der Waals surface area contributed by atoms with Gasteiger partial charge >= 0.3 is 0 Å². The molecule has 4 N–H and O–H groups in total. The lowest BCUT2D eigenvalue weighted by Crippen LogP contribution is -2.62. The molecule has 0 heterocycles. The van der Waals surface area contributed by atoms with Gasteiger partial charge in [0.25, 0.3) is 0 Å². The van der Waals surface area contributed by atoms with Crippen LogP contribution in [-0.2, 0) is 0 Å². The Bertz CT molecular complexity index is 639. The smallest absolute Gasteiger partial charge is 0.214 e. The second kappa shape index (κ2) is 8.02. The zero-order valence-corrected chi connectivity index (χ0v) is 20.1. The molecular formula is C24H40Cl2O4. The minimum Gasteiger partial charge on any atom is -0.393 e. The summed E-state index contributed by atoms with van der Waals surface area (Å²) in [6, 6.07) is 0. The summed E-state index contributed by atoms with van der Waals surface area (Å²) >= 11 is 11.6.